The second-order valence-corrected chi connectivity index (χ2v) is 8.42. The Hall–Kier alpha value is 1.07. The van der Waals surface area contributed by atoms with Crippen LogP contribution in [0, 0.1) is 6.13 Å². The fourth-order valence-electron chi connectivity index (χ4n) is 0.850. The van der Waals surface area contributed by atoms with Crippen LogP contribution in [0.3, 0.4) is 0 Å². The maximum absolute atomic E-state index is 5.96. The van der Waals surface area contributed by atoms with Crippen molar-refractivity contribution >= 4 is 36.9 Å². The van der Waals surface area contributed by atoms with Crippen molar-refractivity contribution in [2.24, 2.45) is 0 Å². The molecular formula is C5H9ClNOP2S+. The number of likely N-dealkylation sites (N-methyl/N-ethyl adjacent to an activating group) is 1. The zero-order chi connectivity index (χ0) is 8.65. The van der Waals surface area contributed by atoms with E-state index in [0.29, 0.717) is 8.04 Å². The quantitative estimate of drug-likeness (QED) is 0.592. The van der Waals surface area contributed by atoms with Crippen LogP contribution in [0.4, 0.5) is 0 Å². The summed E-state index contributed by atoms with van der Waals surface area (Å²) in [5.74, 6) is -2.24. The molecule has 1 rings (SSSR count). The summed E-state index contributed by atoms with van der Waals surface area (Å²) in [5, 5.41) is 0. The molecular weight excluding hydrogens is 220 g/mol. The molecule has 6 heteroatoms. The Labute approximate surface area is 78.3 Å². The summed E-state index contributed by atoms with van der Waals surface area (Å²) in [5.41, 5.74) is 0. The second-order valence-electron chi connectivity index (χ2n) is 2.41. The van der Waals surface area contributed by atoms with Crippen molar-refractivity contribution in [2.45, 2.75) is 18.8 Å². The zero-order valence-electron chi connectivity index (χ0n) is 6.27. The van der Waals surface area contributed by atoms with Gasteiger partial charge < -0.3 is 0 Å². The van der Waals surface area contributed by atoms with Gasteiger partial charge in [0.2, 0.25) is 0 Å². The van der Waals surface area contributed by atoms with Gasteiger partial charge in [-0.25, -0.2) is 0 Å². The van der Waals surface area contributed by atoms with E-state index in [4.69, 9.17) is 33.7 Å². The SMILES string of the molecule is C#[P+]C1OP(=S)(Cl)N(C)C1C. The molecule has 0 N–H and O–H groups in total. The average molecular weight is 229 g/mol. The summed E-state index contributed by atoms with van der Waals surface area (Å²) in [6, 6.07) is 0.227. The van der Waals surface area contributed by atoms with Gasteiger partial charge in [-0.3, -0.25) is 0 Å². The number of halogens is 1. The predicted octanol–water partition coefficient (Wildman–Crippen LogP) is 2.66. The molecule has 0 aliphatic carbocycles. The number of hydrogen-bond donors (Lipinski definition) is 0. The van der Waals surface area contributed by atoms with Gasteiger partial charge in [-0.15, -0.1) is 0 Å². The van der Waals surface area contributed by atoms with E-state index in [1.807, 2.05) is 18.6 Å². The summed E-state index contributed by atoms with van der Waals surface area (Å²) in [7, 11) is 2.59. The summed E-state index contributed by atoms with van der Waals surface area (Å²) in [6.07, 6.45) is 5.44. The van der Waals surface area contributed by atoms with Gasteiger partial charge in [0.05, 0.1) is 0 Å². The molecule has 11 heavy (non-hydrogen) atoms. The average Bonchev–Trinajstić information content (AvgIpc) is 2.13. The van der Waals surface area contributed by atoms with E-state index in [-0.39, 0.29) is 11.9 Å². The molecule has 0 aromatic carbocycles. The van der Waals surface area contributed by atoms with Crippen LogP contribution in [0.2, 0.25) is 0 Å². The van der Waals surface area contributed by atoms with E-state index in [1.54, 1.807) is 0 Å². The predicted molar refractivity (Wildman–Crippen MR) is 54.1 cm³/mol. The van der Waals surface area contributed by atoms with Gasteiger partial charge in [-0.05, 0) is 0 Å². The molecule has 1 heterocycles. The van der Waals surface area contributed by atoms with Crippen LogP contribution in [0.15, 0.2) is 0 Å². The summed E-state index contributed by atoms with van der Waals surface area (Å²) in [4.78, 5) is 0. The van der Waals surface area contributed by atoms with E-state index < -0.39 is 5.77 Å². The van der Waals surface area contributed by atoms with Crippen LogP contribution >= 0.6 is 25.0 Å². The molecule has 0 bridgehead atoms. The van der Waals surface area contributed by atoms with Crippen molar-refractivity contribution in [3.05, 3.63) is 0 Å². The van der Waals surface area contributed by atoms with Crippen molar-refractivity contribution in [3.8, 4) is 6.13 Å². The molecule has 3 atom stereocenters. The first-order valence-electron chi connectivity index (χ1n) is 3.10. The van der Waals surface area contributed by atoms with E-state index in [2.05, 4.69) is 0 Å². The number of rotatable bonds is 0. The monoisotopic (exact) mass is 228 g/mol. The Morgan fingerprint density at radius 2 is 2.36 bits per heavy atom. The van der Waals surface area contributed by atoms with Gasteiger partial charge in [-0.1, -0.05) is 0 Å². The third-order valence-corrected chi connectivity index (χ3v) is 6.35. The molecule has 0 aromatic rings. The van der Waals surface area contributed by atoms with Crippen molar-refractivity contribution in [3.63, 3.8) is 0 Å². The summed E-state index contributed by atoms with van der Waals surface area (Å²) >= 11 is 11.0. The molecule has 1 fully saturated rings. The molecule has 0 radical (unpaired) electrons. The molecule has 1 aliphatic rings. The van der Waals surface area contributed by atoms with Gasteiger partial charge in [-0.2, -0.15) is 0 Å². The molecule has 2 nitrogen and oxygen atoms in total. The van der Waals surface area contributed by atoms with Gasteiger partial charge in [0.1, 0.15) is 0 Å². The van der Waals surface area contributed by atoms with Crippen LogP contribution in [0.5, 0.6) is 0 Å². The molecule has 0 aromatic heterocycles. The van der Waals surface area contributed by atoms with Crippen LogP contribution in [-0.4, -0.2) is 23.6 Å². The van der Waals surface area contributed by atoms with Gasteiger partial charge in [0.25, 0.3) is 0 Å². The third-order valence-electron chi connectivity index (χ3n) is 1.76. The summed E-state index contributed by atoms with van der Waals surface area (Å²) < 4.78 is 7.30. The van der Waals surface area contributed by atoms with E-state index in [0.717, 1.165) is 0 Å². The first-order valence-corrected chi connectivity index (χ1v) is 7.71. The van der Waals surface area contributed by atoms with Gasteiger partial charge >= 0.3 is 78.0 Å². The topological polar surface area (TPSA) is 12.5 Å². The van der Waals surface area contributed by atoms with Crippen LogP contribution < -0.4 is 0 Å². The van der Waals surface area contributed by atoms with Crippen LogP contribution in [-0.2, 0) is 16.3 Å². The normalized spacial score (nSPS) is 46.0. The fraction of sp³-hybridized carbons (Fsp3) is 0.800. The Kier molecular flexibility index (Phi) is 3.17. The van der Waals surface area contributed by atoms with Crippen LogP contribution in [0.1, 0.15) is 6.92 Å². The second kappa shape index (κ2) is 3.44. The van der Waals surface area contributed by atoms with E-state index in [1.165, 1.54) is 0 Å². The molecule has 0 amide bonds. The third kappa shape index (κ3) is 1.87. The molecule has 1 saturated heterocycles. The Morgan fingerprint density at radius 3 is 2.55 bits per heavy atom. The van der Waals surface area contributed by atoms with Crippen molar-refractivity contribution in [1.29, 1.82) is 0 Å². The fourth-order valence-corrected chi connectivity index (χ4v) is 4.93. The first-order chi connectivity index (χ1) is 4.99. The van der Waals surface area contributed by atoms with E-state index in [9.17, 15) is 0 Å². The van der Waals surface area contributed by atoms with Crippen molar-refractivity contribution in [2.75, 3.05) is 7.05 Å². The number of hydrogen-bond acceptors (Lipinski definition) is 2. The van der Waals surface area contributed by atoms with Crippen LogP contribution in [0.25, 0.3) is 0 Å². The number of nitrogens with zero attached hydrogens (tertiary/aromatic N) is 1. The van der Waals surface area contributed by atoms with Crippen molar-refractivity contribution in [1.82, 2.24) is 4.67 Å². The Morgan fingerprint density at radius 1 is 1.82 bits per heavy atom. The molecule has 1 aliphatic heterocycles. The maximum atomic E-state index is 5.96. The van der Waals surface area contributed by atoms with Crippen molar-refractivity contribution < 1.29 is 4.52 Å². The Bertz CT molecular complexity index is 253. The van der Waals surface area contributed by atoms with Gasteiger partial charge in [0.15, 0.2) is 0 Å². The van der Waals surface area contributed by atoms with Gasteiger partial charge in [0, 0.05) is 0 Å². The molecule has 0 saturated carbocycles. The Balaban J connectivity index is 2.88. The molecule has 3 unspecified atom stereocenters. The minimum atomic E-state index is -2.21. The summed E-state index contributed by atoms with van der Waals surface area (Å²) in [6.45, 7) is 2.01. The van der Waals surface area contributed by atoms with E-state index >= 15 is 0 Å². The first kappa shape index (κ1) is 10.2. The molecule has 62 valence electrons. The zero-order valence-corrected chi connectivity index (χ0v) is 9.63. The molecule has 0 spiro atoms. The standard InChI is InChI=1S/C5H9ClNOP2S/c1-4-5(9-3)8-10(6,11)7(4)2/h3-5H,1-2H3/q+1. The minimum absolute atomic E-state index is 0.0247.